The Bertz CT molecular complexity index is 886. The molecule has 140 valence electrons. The predicted octanol–water partition coefficient (Wildman–Crippen LogP) is 5.47. The van der Waals surface area contributed by atoms with Gasteiger partial charge in [0, 0.05) is 11.6 Å². The third kappa shape index (κ3) is 4.19. The number of aldehydes is 1. The van der Waals surface area contributed by atoms with Crippen molar-refractivity contribution in [3.8, 4) is 5.75 Å². The van der Waals surface area contributed by atoms with Crippen LogP contribution in [-0.4, -0.2) is 12.3 Å². The first-order valence-corrected chi connectivity index (χ1v) is 9.31. The molecule has 0 aromatic heterocycles. The minimum Gasteiger partial charge on any atom is -0.423 e. The highest BCUT2D eigenvalue weighted by molar-refractivity contribution is 5.89. The maximum Gasteiger partial charge on any atom is 0.336 e. The van der Waals surface area contributed by atoms with Gasteiger partial charge in [-0.15, -0.1) is 0 Å². The number of carbonyl (C=O) groups excluding carboxylic acids is 2. The average Bonchev–Trinajstić information content (AvgIpc) is 2.64. The summed E-state index contributed by atoms with van der Waals surface area (Å²) in [6.45, 7) is 9.16. The molecular weight excluding hydrogens is 336 g/mol. The van der Waals surface area contributed by atoms with E-state index >= 15 is 0 Å². The molecule has 2 aromatic carbocycles. The van der Waals surface area contributed by atoms with Gasteiger partial charge in [0.05, 0.1) is 0 Å². The van der Waals surface area contributed by atoms with Crippen molar-refractivity contribution in [2.75, 3.05) is 0 Å². The van der Waals surface area contributed by atoms with Crippen LogP contribution >= 0.6 is 0 Å². The molecule has 27 heavy (non-hydrogen) atoms. The van der Waals surface area contributed by atoms with E-state index < -0.39 is 5.97 Å². The molecule has 0 unspecified atom stereocenters. The van der Waals surface area contributed by atoms with Crippen LogP contribution in [0.2, 0.25) is 0 Å². The van der Waals surface area contributed by atoms with Crippen molar-refractivity contribution in [1.29, 1.82) is 0 Å². The Hall–Kier alpha value is -2.68. The van der Waals surface area contributed by atoms with E-state index in [-0.39, 0.29) is 10.8 Å². The molecule has 0 saturated heterocycles. The van der Waals surface area contributed by atoms with Crippen molar-refractivity contribution in [2.24, 2.45) is 0 Å². The molecule has 0 N–H and O–H groups in total. The average molecular weight is 362 g/mol. The number of fused-ring (bicyclic) bond motifs is 1. The van der Waals surface area contributed by atoms with Crippen molar-refractivity contribution >= 4 is 18.3 Å². The highest BCUT2D eigenvalue weighted by Crippen LogP contribution is 2.45. The van der Waals surface area contributed by atoms with E-state index in [0.29, 0.717) is 11.3 Å². The summed E-state index contributed by atoms with van der Waals surface area (Å²) in [6.07, 6.45) is 6.32. The Morgan fingerprint density at radius 3 is 2.11 bits per heavy atom. The first-order valence-electron chi connectivity index (χ1n) is 9.31. The number of esters is 1. The zero-order chi connectivity index (χ0) is 19.7. The summed E-state index contributed by atoms with van der Waals surface area (Å²) in [6, 6.07) is 12.9. The van der Waals surface area contributed by atoms with Crippen LogP contribution in [0.25, 0.3) is 6.08 Å². The minimum absolute atomic E-state index is 0.134. The fraction of sp³-hybridized carbons (Fsp3) is 0.333. The zero-order valence-electron chi connectivity index (χ0n) is 16.4. The normalized spacial score (nSPS) is 17.3. The van der Waals surface area contributed by atoms with E-state index in [0.717, 1.165) is 18.3 Å². The number of ether oxygens (including phenoxy) is 1. The molecule has 0 radical (unpaired) electrons. The number of hydrogen-bond donors (Lipinski definition) is 0. The Morgan fingerprint density at radius 2 is 1.48 bits per heavy atom. The van der Waals surface area contributed by atoms with Crippen LogP contribution in [0.15, 0.2) is 48.5 Å². The smallest absolute Gasteiger partial charge is 0.336 e. The molecule has 0 saturated carbocycles. The van der Waals surface area contributed by atoms with Gasteiger partial charge in [-0.2, -0.15) is 0 Å². The molecule has 3 nitrogen and oxygen atoms in total. The Labute approximate surface area is 161 Å². The van der Waals surface area contributed by atoms with E-state index in [1.165, 1.54) is 23.6 Å². The van der Waals surface area contributed by atoms with E-state index in [1.807, 2.05) is 0 Å². The first-order chi connectivity index (χ1) is 12.7. The largest absolute Gasteiger partial charge is 0.423 e. The monoisotopic (exact) mass is 362 g/mol. The molecule has 0 atom stereocenters. The molecular formula is C24H26O3. The van der Waals surface area contributed by atoms with Gasteiger partial charge in [-0.25, -0.2) is 4.79 Å². The summed E-state index contributed by atoms with van der Waals surface area (Å²) in [5.41, 5.74) is 4.61. The molecule has 0 bridgehead atoms. The van der Waals surface area contributed by atoms with Gasteiger partial charge in [-0.05, 0) is 70.7 Å². The fourth-order valence-corrected chi connectivity index (χ4v) is 3.64. The lowest BCUT2D eigenvalue weighted by atomic mass is 9.63. The molecule has 1 aliphatic rings. The summed E-state index contributed by atoms with van der Waals surface area (Å²) < 4.78 is 5.28. The molecule has 0 aliphatic heterocycles. The lowest BCUT2D eigenvalue weighted by Gasteiger charge is -2.42. The van der Waals surface area contributed by atoms with E-state index in [4.69, 9.17) is 4.74 Å². The first kappa shape index (κ1) is 19.1. The van der Waals surface area contributed by atoms with Gasteiger partial charge >= 0.3 is 5.97 Å². The minimum atomic E-state index is -0.439. The topological polar surface area (TPSA) is 43.4 Å². The summed E-state index contributed by atoms with van der Waals surface area (Å²) in [5, 5.41) is 0. The van der Waals surface area contributed by atoms with Crippen molar-refractivity contribution in [1.82, 2.24) is 0 Å². The van der Waals surface area contributed by atoms with Gasteiger partial charge in [0.25, 0.3) is 0 Å². The Morgan fingerprint density at radius 1 is 0.889 bits per heavy atom. The van der Waals surface area contributed by atoms with Gasteiger partial charge in [0.15, 0.2) is 0 Å². The van der Waals surface area contributed by atoms with Gasteiger partial charge < -0.3 is 4.74 Å². The lowest BCUT2D eigenvalue weighted by Crippen LogP contribution is -2.33. The van der Waals surface area contributed by atoms with E-state index in [9.17, 15) is 9.59 Å². The SMILES string of the molecule is CC1(C)CCC(C)(C)c2cc(/C=C/C(=O)Oc3ccc(C=O)cc3)ccc21. The molecule has 2 aromatic rings. The molecule has 0 fully saturated rings. The number of rotatable bonds is 4. The van der Waals surface area contributed by atoms with Crippen LogP contribution in [0.1, 0.15) is 67.6 Å². The summed E-state index contributed by atoms with van der Waals surface area (Å²) in [4.78, 5) is 22.7. The maximum atomic E-state index is 12.1. The Balaban J connectivity index is 1.77. The van der Waals surface area contributed by atoms with Crippen LogP contribution in [-0.2, 0) is 15.6 Å². The molecule has 0 heterocycles. The molecule has 3 heteroatoms. The number of benzene rings is 2. The van der Waals surface area contributed by atoms with Gasteiger partial charge in [0.2, 0.25) is 0 Å². The maximum absolute atomic E-state index is 12.1. The number of carbonyl (C=O) groups is 2. The van der Waals surface area contributed by atoms with E-state index in [2.05, 4.69) is 45.9 Å². The van der Waals surface area contributed by atoms with Gasteiger partial charge in [-0.1, -0.05) is 45.9 Å². The van der Waals surface area contributed by atoms with Gasteiger partial charge in [0.1, 0.15) is 12.0 Å². The lowest BCUT2D eigenvalue weighted by molar-refractivity contribution is -0.128. The van der Waals surface area contributed by atoms with Crippen molar-refractivity contribution in [2.45, 2.75) is 51.4 Å². The summed E-state index contributed by atoms with van der Waals surface area (Å²) in [5.74, 6) is -0.0188. The Kier molecular flexibility index (Phi) is 5.05. The van der Waals surface area contributed by atoms with Crippen LogP contribution in [0.3, 0.4) is 0 Å². The molecule has 0 amide bonds. The summed E-state index contributed by atoms with van der Waals surface area (Å²) >= 11 is 0. The van der Waals surface area contributed by atoms with Crippen molar-refractivity contribution in [3.63, 3.8) is 0 Å². The van der Waals surface area contributed by atoms with Crippen molar-refractivity contribution in [3.05, 3.63) is 70.8 Å². The van der Waals surface area contributed by atoms with Crippen LogP contribution in [0.4, 0.5) is 0 Å². The quantitative estimate of drug-likeness (QED) is 0.314. The van der Waals surface area contributed by atoms with Crippen LogP contribution in [0, 0.1) is 0 Å². The third-order valence-corrected chi connectivity index (χ3v) is 5.52. The van der Waals surface area contributed by atoms with Crippen LogP contribution in [0.5, 0.6) is 5.75 Å². The second-order valence-corrected chi connectivity index (χ2v) is 8.51. The second-order valence-electron chi connectivity index (χ2n) is 8.51. The molecule has 0 spiro atoms. The fourth-order valence-electron chi connectivity index (χ4n) is 3.64. The zero-order valence-corrected chi connectivity index (χ0v) is 16.4. The number of hydrogen-bond acceptors (Lipinski definition) is 3. The predicted molar refractivity (Wildman–Crippen MR) is 108 cm³/mol. The highest BCUT2D eigenvalue weighted by atomic mass is 16.5. The standard InChI is InChI=1S/C24H26O3/c1-23(2)13-14-24(3,4)21-15-17(7-11-20(21)23)8-12-22(26)27-19-9-5-18(16-25)6-10-19/h5-12,15-16H,13-14H2,1-4H3/b12-8+. The molecule has 1 aliphatic carbocycles. The highest BCUT2D eigenvalue weighted by Gasteiger charge is 2.36. The van der Waals surface area contributed by atoms with Gasteiger partial charge in [-0.3, -0.25) is 4.79 Å². The summed E-state index contributed by atoms with van der Waals surface area (Å²) in [7, 11) is 0. The molecule has 3 rings (SSSR count). The second kappa shape index (κ2) is 7.15. The third-order valence-electron chi connectivity index (χ3n) is 5.52. The van der Waals surface area contributed by atoms with E-state index in [1.54, 1.807) is 30.3 Å². The van der Waals surface area contributed by atoms with Crippen LogP contribution < -0.4 is 4.74 Å². The van der Waals surface area contributed by atoms with Crippen molar-refractivity contribution < 1.29 is 14.3 Å².